The third-order valence-electron chi connectivity index (χ3n) is 3.95. The van der Waals surface area contributed by atoms with Crippen molar-refractivity contribution in [2.45, 2.75) is 40.5 Å². The molecule has 1 fully saturated rings. The van der Waals surface area contributed by atoms with Gasteiger partial charge in [0.1, 0.15) is 5.69 Å². The van der Waals surface area contributed by atoms with Gasteiger partial charge in [-0.25, -0.2) is 4.98 Å². The molecule has 1 aliphatic rings. The number of hydrogen-bond donors (Lipinski definition) is 3. The standard InChI is InChI=1S/C7H9N5.C7H14.C5H11NO/c1-4-2-9-7(11-4)6-5(8)3-10-12-6;1-4-6-7(3)5-2;1-6-2-4-7-5-3-6/h2-3H,8H2,1H3,(H,9,11)(H,10,12);6H,4-5H2,1-3H3;2-5H2,1H3/b;7-6-;. The average Bonchev–Trinajstić information content (AvgIpc) is 3.25. The molecular formula is C19H34N6O. The van der Waals surface area contributed by atoms with Gasteiger partial charge in [0, 0.05) is 25.0 Å². The van der Waals surface area contributed by atoms with E-state index in [0.29, 0.717) is 5.69 Å². The van der Waals surface area contributed by atoms with Crippen molar-refractivity contribution in [3.63, 3.8) is 0 Å². The quantitative estimate of drug-likeness (QED) is 0.727. The van der Waals surface area contributed by atoms with Crippen LogP contribution in [0.25, 0.3) is 11.5 Å². The molecule has 0 aliphatic carbocycles. The summed E-state index contributed by atoms with van der Waals surface area (Å²) in [4.78, 5) is 9.44. The zero-order valence-corrected chi connectivity index (χ0v) is 16.8. The highest BCUT2D eigenvalue weighted by atomic mass is 16.5. The van der Waals surface area contributed by atoms with Crippen molar-refractivity contribution in [1.82, 2.24) is 25.1 Å². The maximum absolute atomic E-state index is 5.63. The van der Waals surface area contributed by atoms with Crippen LogP contribution in [0.5, 0.6) is 0 Å². The Kier molecular flexibility index (Phi) is 10.3. The van der Waals surface area contributed by atoms with Crippen molar-refractivity contribution in [3.8, 4) is 11.5 Å². The van der Waals surface area contributed by atoms with Crippen LogP contribution in [0.2, 0.25) is 0 Å². The SMILES string of the molecule is CC/C=C(/C)CC.CN1CCOCC1.Cc1cnc(-c2[nH]ncc2N)[nH]1. The molecule has 2 aromatic heterocycles. The van der Waals surface area contributed by atoms with Gasteiger partial charge in [0.25, 0.3) is 0 Å². The first-order chi connectivity index (χ1) is 12.5. The molecule has 0 bridgehead atoms. The molecule has 4 N–H and O–H groups in total. The summed E-state index contributed by atoms with van der Waals surface area (Å²) >= 11 is 0. The van der Waals surface area contributed by atoms with Crippen LogP contribution in [0.4, 0.5) is 5.69 Å². The van der Waals surface area contributed by atoms with Crippen LogP contribution in [-0.4, -0.2) is 58.4 Å². The van der Waals surface area contributed by atoms with E-state index in [0.717, 1.165) is 43.5 Å². The number of aryl methyl sites for hydroxylation is 1. The van der Waals surface area contributed by atoms with Gasteiger partial charge in [0.05, 0.1) is 25.1 Å². The van der Waals surface area contributed by atoms with Gasteiger partial charge in [-0.1, -0.05) is 25.5 Å². The molecule has 0 atom stereocenters. The maximum Gasteiger partial charge on any atom is 0.157 e. The monoisotopic (exact) mass is 362 g/mol. The fraction of sp³-hybridized carbons (Fsp3) is 0.579. The molecule has 146 valence electrons. The molecule has 1 aliphatic heterocycles. The van der Waals surface area contributed by atoms with Gasteiger partial charge in [-0.05, 0) is 33.7 Å². The number of hydrogen-bond acceptors (Lipinski definition) is 5. The number of aromatic nitrogens is 4. The number of allylic oxidation sites excluding steroid dienone is 2. The Morgan fingerprint density at radius 2 is 2.00 bits per heavy atom. The summed E-state index contributed by atoms with van der Waals surface area (Å²) in [5, 5.41) is 6.56. The van der Waals surface area contributed by atoms with Gasteiger partial charge in [-0.2, -0.15) is 5.10 Å². The third kappa shape index (κ3) is 8.31. The molecular weight excluding hydrogens is 328 g/mol. The first-order valence-corrected chi connectivity index (χ1v) is 9.20. The molecule has 0 amide bonds. The predicted octanol–water partition coefficient (Wildman–Crippen LogP) is 3.39. The van der Waals surface area contributed by atoms with Gasteiger partial charge in [-0.15, -0.1) is 0 Å². The fourth-order valence-corrected chi connectivity index (χ4v) is 2.17. The van der Waals surface area contributed by atoms with Crippen molar-refractivity contribution in [2.24, 2.45) is 0 Å². The van der Waals surface area contributed by atoms with Crippen LogP contribution in [-0.2, 0) is 4.74 Å². The van der Waals surface area contributed by atoms with Gasteiger partial charge in [0.2, 0.25) is 0 Å². The summed E-state index contributed by atoms with van der Waals surface area (Å²) in [7, 11) is 2.11. The number of imidazole rings is 1. The van der Waals surface area contributed by atoms with E-state index in [-0.39, 0.29) is 0 Å². The average molecular weight is 363 g/mol. The highest BCUT2D eigenvalue weighted by Gasteiger charge is 2.06. The van der Waals surface area contributed by atoms with Crippen molar-refractivity contribution < 1.29 is 4.74 Å². The maximum atomic E-state index is 5.63. The van der Waals surface area contributed by atoms with E-state index in [9.17, 15) is 0 Å². The summed E-state index contributed by atoms with van der Waals surface area (Å²) in [6.07, 6.45) is 7.95. The second-order valence-corrected chi connectivity index (χ2v) is 6.34. The molecule has 26 heavy (non-hydrogen) atoms. The number of aromatic amines is 2. The summed E-state index contributed by atoms with van der Waals surface area (Å²) in [5.74, 6) is 0.725. The predicted molar refractivity (Wildman–Crippen MR) is 108 cm³/mol. The zero-order chi connectivity index (χ0) is 19.4. The van der Waals surface area contributed by atoms with Gasteiger partial charge in [-0.3, -0.25) is 5.10 Å². The van der Waals surface area contributed by atoms with E-state index in [1.807, 2.05) is 6.92 Å². The Labute approximate surface area is 157 Å². The van der Waals surface area contributed by atoms with E-state index in [1.54, 1.807) is 12.4 Å². The van der Waals surface area contributed by atoms with Crippen LogP contribution in [0.15, 0.2) is 24.0 Å². The highest BCUT2D eigenvalue weighted by Crippen LogP contribution is 2.18. The third-order valence-corrected chi connectivity index (χ3v) is 3.95. The normalized spacial score (nSPS) is 14.9. The molecule has 0 unspecified atom stereocenters. The Morgan fingerprint density at radius 1 is 1.31 bits per heavy atom. The summed E-state index contributed by atoms with van der Waals surface area (Å²) in [6, 6.07) is 0. The number of rotatable bonds is 3. The van der Waals surface area contributed by atoms with Crippen LogP contribution >= 0.6 is 0 Å². The number of nitrogens with zero attached hydrogens (tertiary/aromatic N) is 3. The Morgan fingerprint density at radius 3 is 2.35 bits per heavy atom. The van der Waals surface area contributed by atoms with Crippen LogP contribution in [0, 0.1) is 6.92 Å². The van der Waals surface area contributed by atoms with E-state index in [2.05, 4.69) is 59.0 Å². The lowest BCUT2D eigenvalue weighted by molar-refractivity contribution is 0.0503. The van der Waals surface area contributed by atoms with Crippen LogP contribution in [0.3, 0.4) is 0 Å². The van der Waals surface area contributed by atoms with Crippen LogP contribution in [0.1, 0.15) is 39.3 Å². The number of likely N-dealkylation sites (N-methyl/N-ethyl adjacent to an activating group) is 1. The number of anilines is 1. The summed E-state index contributed by atoms with van der Waals surface area (Å²) in [6.45, 7) is 12.5. The largest absolute Gasteiger partial charge is 0.396 e. The first kappa shape index (κ1) is 21.9. The number of nitrogen functional groups attached to an aromatic ring is 1. The minimum atomic E-state index is 0.601. The molecule has 3 rings (SSSR count). The molecule has 0 aromatic carbocycles. The van der Waals surface area contributed by atoms with Gasteiger partial charge < -0.3 is 20.4 Å². The van der Waals surface area contributed by atoms with Gasteiger partial charge >= 0.3 is 0 Å². The topological polar surface area (TPSA) is 95.8 Å². The second-order valence-electron chi connectivity index (χ2n) is 6.34. The zero-order valence-electron chi connectivity index (χ0n) is 16.8. The smallest absolute Gasteiger partial charge is 0.157 e. The molecule has 0 saturated carbocycles. The van der Waals surface area contributed by atoms with Crippen molar-refractivity contribution >= 4 is 5.69 Å². The molecule has 3 heterocycles. The number of nitrogens with one attached hydrogen (secondary N) is 2. The number of ether oxygens (including phenoxy) is 1. The molecule has 7 heteroatoms. The summed E-state index contributed by atoms with van der Waals surface area (Å²) in [5.41, 5.74) is 9.47. The van der Waals surface area contributed by atoms with E-state index in [4.69, 9.17) is 10.5 Å². The highest BCUT2D eigenvalue weighted by molar-refractivity contribution is 5.66. The minimum Gasteiger partial charge on any atom is -0.396 e. The lowest BCUT2D eigenvalue weighted by Gasteiger charge is -2.21. The second kappa shape index (κ2) is 12.3. The van der Waals surface area contributed by atoms with E-state index >= 15 is 0 Å². The summed E-state index contributed by atoms with van der Waals surface area (Å²) < 4.78 is 5.10. The van der Waals surface area contributed by atoms with E-state index in [1.165, 1.54) is 18.4 Å². The Balaban J connectivity index is 0.000000210. The fourth-order valence-electron chi connectivity index (χ4n) is 2.17. The number of H-pyrrole nitrogens is 2. The Hall–Kier alpha value is -2.12. The molecule has 1 saturated heterocycles. The van der Waals surface area contributed by atoms with Crippen LogP contribution < -0.4 is 5.73 Å². The molecule has 0 radical (unpaired) electrons. The molecule has 2 aromatic rings. The lowest BCUT2D eigenvalue weighted by atomic mass is 10.2. The first-order valence-electron chi connectivity index (χ1n) is 9.20. The van der Waals surface area contributed by atoms with Crippen molar-refractivity contribution in [2.75, 3.05) is 39.1 Å². The minimum absolute atomic E-state index is 0.601. The number of nitrogens with two attached hydrogens (primary N) is 1. The molecule has 7 nitrogen and oxygen atoms in total. The van der Waals surface area contributed by atoms with Gasteiger partial charge in [0.15, 0.2) is 5.82 Å². The van der Waals surface area contributed by atoms with Crippen molar-refractivity contribution in [1.29, 1.82) is 0 Å². The lowest BCUT2D eigenvalue weighted by Crippen LogP contribution is -2.32. The molecule has 0 spiro atoms. The van der Waals surface area contributed by atoms with Crippen molar-refractivity contribution in [3.05, 3.63) is 29.7 Å². The number of morpholine rings is 1. The Bertz CT molecular complexity index is 640. The van der Waals surface area contributed by atoms with E-state index < -0.39 is 0 Å².